The fourth-order valence-electron chi connectivity index (χ4n) is 2.19. The lowest BCUT2D eigenvalue weighted by Crippen LogP contribution is -2.40. The predicted octanol–water partition coefficient (Wildman–Crippen LogP) is 1.89. The van der Waals surface area contributed by atoms with Crippen molar-refractivity contribution in [2.75, 3.05) is 0 Å². The van der Waals surface area contributed by atoms with Crippen LogP contribution in [0, 0.1) is 6.92 Å². The molecule has 0 unspecified atom stereocenters. The molecule has 2 amide bonds. The second-order valence-corrected chi connectivity index (χ2v) is 5.72. The van der Waals surface area contributed by atoms with Crippen molar-refractivity contribution in [3.63, 3.8) is 0 Å². The minimum Gasteiger partial charge on any atom is -0.477 e. The van der Waals surface area contributed by atoms with E-state index in [0.29, 0.717) is 10.7 Å². The number of hydrogen-bond donors (Lipinski definition) is 3. The van der Waals surface area contributed by atoms with E-state index in [1.54, 1.807) is 6.92 Å². The average molecular weight is 283 g/mol. The first kappa shape index (κ1) is 13.8. The fourth-order valence-corrected chi connectivity index (χ4v) is 3.03. The molecule has 1 fully saturated rings. The maximum absolute atomic E-state index is 11.6. The number of aromatic carboxylic acids is 1. The molecule has 1 heterocycles. The van der Waals surface area contributed by atoms with Gasteiger partial charge in [0.15, 0.2) is 0 Å². The summed E-state index contributed by atoms with van der Waals surface area (Å²) in [6.07, 6.45) is 4.40. The number of nitrogens with one attached hydrogen (secondary N) is 2. The first-order valence-corrected chi connectivity index (χ1v) is 7.12. The SMILES string of the molecule is Cc1nc(CNC(=O)NC2CCCC2)sc1C(=O)O. The molecule has 0 radical (unpaired) electrons. The molecule has 7 heteroatoms. The van der Waals surface area contributed by atoms with E-state index in [1.807, 2.05) is 0 Å². The summed E-state index contributed by atoms with van der Waals surface area (Å²) in [5, 5.41) is 15.1. The van der Waals surface area contributed by atoms with E-state index in [4.69, 9.17) is 5.11 Å². The van der Waals surface area contributed by atoms with Crippen LogP contribution in [0.5, 0.6) is 0 Å². The van der Waals surface area contributed by atoms with Crippen molar-refractivity contribution in [3.05, 3.63) is 15.6 Å². The van der Waals surface area contributed by atoms with Gasteiger partial charge >= 0.3 is 12.0 Å². The molecular weight excluding hydrogens is 266 g/mol. The van der Waals surface area contributed by atoms with E-state index in [2.05, 4.69) is 15.6 Å². The molecule has 19 heavy (non-hydrogen) atoms. The summed E-state index contributed by atoms with van der Waals surface area (Å²) < 4.78 is 0. The molecule has 1 aliphatic rings. The lowest BCUT2D eigenvalue weighted by atomic mass is 10.2. The Labute approximate surface area is 115 Å². The number of hydrogen-bond acceptors (Lipinski definition) is 4. The Bertz CT molecular complexity index is 481. The summed E-state index contributed by atoms with van der Waals surface area (Å²) in [7, 11) is 0. The van der Waals surface area contributed by atoms with Gasteiger partial charge in [-0.05, 0) is 19.8 Å². The van der Waals surface area contributed by atoms with Gasteiger partial charge in [0.2, 0.25) is 0 Å². The van der Waals surface area contributed by atoms with E-state index in [1.165, 1.54) is 12.8 Å². The van der Waals surface area contributed by atoms with Gasteiger partial charge in [0.25, 0.3) is 0 Å². The summed E-state index contributed by atoms with van der Waals surface area (Å²) in [6.45, 7) is 1.92. The number of thiazole rings is 1. The van der Waals surface area contributed by atoms with Crippen LogP contribution in [0.15, 0.2) is 0 Å². The number of amides is 2. The minimum absolute atomic E-state index is 0.211. The zero-order chi connectivity index (χ0) is 13.8. The molecule has 3 N–H and O–H groups in total. The first-order chi connectivity index (χ1) is 9.06. The number of rotatable bonds is 4. The van der Waals surface area contributed by atoms with E-state index in [0.717, 1.165) is 24.2 Å². The first-order valence-electron chi connectivity index (χ1n) is 6.30. The van der Waals surface area contributed by atoms with Gasteiger partial charge in [-0.1, -0.05) is 12.8 Å². The van der Waals surface area contributed by atoms with Crippen LogP contribution in [0.3, 0.4) is 0 Å². The van der Waals surface area contributed by atoms with Crippen LogP contribution in [0.25, 0.3) is 0 Å². The van der Waals surface area contributed by atoms with Gasteiger partial charge in [-0.25, -0.2) is 14.6 Å². The third kappa shape index (κ3) is 3.66. The molecular formula is C12H17N3O3S. The highest BCUT2D eigenvalue weighted by molar-refractivity contribution is 7.13. The third-order valence-electron chi connectivity index (χ3n) is 3.13. The van der Waals surface area contributed by atoms with Crippen molar-refractivity contribution in [3.8, 4) is 0 Å². The molecule has 0 aromatic carbocycles. The lowest BCUT2D eigenvalue weighted by molar-refractivity contribution is 0.0701. The Hall–Kier alpha value is -1.63. The molecule has 0 atom stereocenters. The molecule has 1 aromatic rings. The van der Waals surface area contributed by atoms with Crippen LogP contribution in [-0.2, 0) is 6.54 Å². The number of carboxylic acid groups (broad SMARTS) is 1. The Morgan fingerprint density at radius 3 is 2.68 bits per heavy atom. The van der Waals surface area contributed by atoms with Gasteiger partial charge in [-0.2, -0.15) is 0 Å². The normalized spacial score (nSPS) is 15.4. The van der Waals surface area contributed by atoms with Gasteiger partial charge < -0.3 is 15.7 Å². The van der Waals surface area contributed by atoms with Gasteiger partial charge in [0.1, 0.15) is 9.88 Å². The zero-order valence-electron chi connectivity index (χ0n) is 10.7. The number of carboxylic acids is 1. The number of nitrogens with zero attached hydrogens (tertiary/aromatic N) is 1. The van der Waals surface area contributed by atoms with Crippen molar-refractivity contribution >= 4 is 23.3 Å². The number of carbonyl (C=O) groups excluding carboxylic acids is 1. The van der Waals surface area contributed by atoms with Crippen molar-refractivity contribution in [1.29, 1.82) is 0 Å². The summed E-state index contributed by atoms with van der Waals surface area (Å²) in [5.41, 5.74) is 0.491. The quantitative estimate of drug-likeness (QED) is 0.787. The molecule has 1 saturated carbocycles. The van der Waals surface area contributed by atoms with Crippen LogP contribution in [0.2, 0.25) is 0 Å². The molecule has 2 rings (SSSR count). The number of aryl methyl sites for hydroxylation is 1. The molecule has 0 saturated heterocycles. The smallest absolute Gasteiger partial charge is 0.347 e. The Morgan fingerprint density at radius 1 is 1.42 bits per heavy atom. The lowest BCUT2D eigenvalue weighted by Gasteiger charge is -2.12. The van der Waals surface area contributed by atoms with Crippen LogP contribution < -0.4 is 10.6 Å². The second-order valence-electron chi connectivity index (χ2n) is 4.64. The fraction of sp³-hybridized carbons (Fsp3) is 0.583. The highest BCUT2D eigenvalue weighted by Crippen LogP contribution is 2.18. The molecule has 1 aromatic heterocycles. The molecule has 0 spiro atoms. The number of aromatic nitrogens is 1. The van der Waals surface area contributed by atoms with Crippen molar-refractivity contribution in [1.82, 2.24) is 15.6 Å². The summed E-state index contributed by atoms with van der Waals surface area (Å²) in [6, 6.07) is 0.0595. The van der Waals surface area contributed by atoms with E-state index < -0.39 is 5.97 Å². The summed E-state index contributed by atoms with van der Waals surface area (Å²) in [5.74, 6) is -0.975. The predicted molar refractivity (Wildman–Crippen MR) is 71.4 cm³/mol. The summed E-state index contributed by atoms with van der Waals surface area (Å²) in [4.78, 5) is 26.9. The molecule has 0 aliphatic heterocycles. The minimum atomic E-state index is -0.975. The van der Waals surface area contributed by atoms with E-state index in [-0.39, 0.29) is 23.5 Å². The van der Waals surface area contributed by atoms with Crippen LogP contribution in [0.4, 0.5) is 4.79 Å². The highest BCUT2D eigenvalue weighted by Gasteiger charge is 2.18. The molecule has 0 bridgehead atoms. The van der Waals surface area contributed by atoms with E-state index >= 15 is 0 Å². The maximum atomic E-state index is 11.6. The largest absolute Gasteiger partial charge is 0.477 e. The number of urea groups is 1. The monoisotopic (exact) mass is 283 g/mol. The molecule has 104 valence electrons. The Kier molecular flexibility index (Phi) is 4.36. The molecule has 6 nitrogen and oxygen atoms in total. The average Bonchev–Trinajstić information content (AvgIpc) is 2.96. The maximum Gasteiger partial charge on any atom is 0.347 e. The zero-order valence-corrected chi connectivity index (χ0v) is 11.5. The Morgan fingerprint density at radius 2 is 2.11 bits per heavy atom. The number of carbonyl (C=O) groups is 2. The second kappa shape index (κ2) is 6.01. The summed E-state index contributed by atoms with van der Waals surface area (Å²) >= 11 is 1.10. The van der Waals surface area contributed by atoms with Crippen LogP contribution in [-0.4, -0.2) is 28.1 Å². The van der Waals surface area contributed by atoms with Gasteiger partial charge in [-0.3, -0.25) is 0 Å². The van der Waals surface area contributed by atoms with Gasteiger partial charge in [0.05, 0.1) is 12.2 Å². The topological polar surface area (TPSA) is 91.3 Å². The van der Waals surface area contributed by atoms with Crippen molar-refractivity contribution in [2.45, 2.75) is 45.2 Å². The highest BCUT2D eigenvalue weighted by atomic mass is 32.1. The Balaban J connectivity index is 1.82. The van der Waals surface area contributed by atoms with Gasteiger partial charge in [-0.15, -0.1) is 11.3 Å². The van der Waals surface area contributed by atoms with Crippen molar-refractivity contribution in [2.24, 2.45) is 0 Å². The van der Waals surface area contributed by atoms with Crippen LogP contribution >= 0.6 is 11.3 Å². The van der Waals surface area contributed by atoms with Crippen molar-refractivity contribution < 1.29 is 14.7 Å². The van der Waals surface area contributed by atoms with Crippen LogP contribution in [0.1, 0.15) is 46.1 Å². The van der Waals surface area contributed by atoms with Gasteiger partial charge in [0, 0.05) is 6.04 Å². The molecule has 1 aliphatic carbocycles. The van der Waals surface area contributed by atoms with E-state index in [9.17, 15) is 9.59 Å². The standard InChI is InChI=1S/C12H17N3O3S/c1-7-10(11(16)17)19-9(14-7)6-13-12(18)15-8-4-2-3-5-8/h8H,2-6H2,1H3,(H,16,17)(H2,13,15,18). The third-order valence-corrected chi connectivity index (χ3v) is 4.27.